The van der Waals surface area contributed by atoms with Crippen molar-refractivity contribution in [2.75, 3.05) is 7.11 Å². The Bertz CT molecular complexity index is 1040. The summed E-state index contributed by atoms with van der Waals surface area (Å²) < 4.78 is 16.0. The van der Waals surface area contributed by atoms with E-state index >= 15 is 0 Å². The topological polar surface area (TPSA) is 90.7 Å². The van der Waals surface area contributed by atoms with Gasteiger partial charge in [-0.05, 0) is 49.2 Å². The number of methoxy groups -OCH3 is 1. The number of hydrogen-bond acceptors (Lipinski definition) is 6. The maximum Gasteiger partial charge on any atom is 0.329 e. The number of carbonyl (C=O) groups excluding carboxylic acids is 2. The lowest BCUT2D eigenvalue weighted by Crippen LogP contribution is -2.45. The van der Waals surface area contributed by atoms with Crippen LogP contribution < -0.4 is 10.1 Å². The number of hydrogen-bond donors (Lipinski definition) is 1. The molecule has 3 aromatic rings. The van der Waals surface area contributed by atoms with E-state index in [1.165, 1.54) is 6.26 Å². The normalized spacial score (nSPS) is 11.8. The number of ether oxygens (including phenoxy) is 2. The highest BCUT2D eigenvalue weighted by molar-refractivity contribution is 5.97. The second-order valence-corrected chi connectivity index (χ2v) is 7.54. The molecule has 7 nitrogen and oxygen atoms in total. The second kappa shape index (κ2) is 9.93. The van der Waals surface area contributed by atoms with Gasteiger partial charge >= 0.3 is 5.97 Å². The summed E-state index contributed by atoms with van der Waals surface area (Å²) in [6.07, 6.45) is 1.45. The van der Waals surface area contributed by atoms with Gasteiger partial charge in [0.15, 0.2) is 0 Å². The largest absolute Gasteiger partial charge is 0.497 e. The van der Waals surface area contributed by atoms with E-state index in [1.54, 1.807) is 25.3 Å². The van der Waals surface area contributed by atoms with Crippen LogP contribution in [-0.2, 0) is 16.1 Å². The third-order valence-corrected chi connectivity index (χ3v) is 4.74. The zero-order valence-corrected chi connectivity index (χ0v) is 18.0. The molecule has 0 aliphatic rings. The van der Waals surface area contributed by atoms with Crippen molar-refractivity contribution >= 4 is 11.9 Å². The summed E-state index contributed by atoms with van der Waals surface area (Å²) in [6.45, 7) is 5.55. The molecule has 0 radical (unpaired) electrons. The highest BCUT2D eigenvalue weighted by atomic mass is 16.5. The van der Waals surface area contributed by atoms with E-state index in [4.69, 9.17) is 13.9 Å². The SMILES string of the molecule is COc1ccc(-c2nc(COC(=O)[C@@H](NC(=O)c3cccc(C)c3)C(C)C)co2)cc1. The highest BCUT2D eigenvalue weighted by Crippen LogP contribution is 2.22. The molecule has 1 aromatic heterocycles. The second-order valence-electron chi connectivity index (χ2n) is 7.54. The van der Waals surface area contributed by atoms with Gasteiger partial charge in [0.05, 0.1) is 7.11 Å². The fourth-order valence-electron chi connectivity index (χ4n) is 2.98. The number of oxazole rings is 1. The Balaban J connectivity index is 1.61. The van der Waals surface area contributed by atoms with E-state index in [0.717, 1.165) is 16.9 Å². The molecule has 1 N–H and O–H groups in total. The van der Waals surface area contributed by atoms with Crippen molar-refractivity contribution in [3.63, 3.8) is 0 Å². The molecule has 0 spiro atoms. The maximum atomic E-state index is 12.6. The van der Waals surface area contributed by atoms with Gasteiger partial charge in [-0.15, -0.1) is 0 Å². The van der Waals surface area contributed by atoms with Crippen LogP contribution in [-0.4, -0.2) is 30.0 Å². The first-order valence-corrected chi connectivity index (χ1v) is 10.0. The van der Waals surface area contributed by atoms with E-state index in [-0.39, 0.29) is 18.4 Å². The lowest BCUT2D eigenvalue weighted by Gasteiger charge is -2.20. The molecule has 1 amide bonds. The molecule has 162 valence electrons. The lowest BCUT2D eigenvalue weighted by molar-refractivity contribution is -0.148. The van der Waals surface area contributed by atoms with Gasteiger partial charge in [-0.25, -0.2) is 9.78 Å². The van der Waals surface area contributed by atoms with Crippen molar-refractivity contribution < 1.29 is 23.5 Å². The van der Waals surface area contributed by atoms with Gasteiger partial charge in [0, 0.05) is 11.1 Å². The van der Waals surface area contributed by atoms with Gasteiger partial charge in [-0.3, -0.25) is 4.79 Å². The molecule has 31 heavy (non-hydrogen) atoms. The van der Waals surface area contributed by atoms with Crippen molar-refractivity contribution in [3.05, 3.63) is 71.6 Å². The molecular weight excluding hydrogens is 396 g/mol. The van der Waals surface area contributed by atoms with Crippen LogP contribution in [0.15, 0.2) is 59.2 Å². The number of carbonyl (C=O) groups is 2. The third kappa shape index (κ3) is 5.72. The van der Waals surface area contributed by atoms with E-state index < -0.39 is 12.0 Å². The first kappa shape index (κ1) is 22.1. The minimum Gasteiger partial charge on any atom is -0.497 e. The fourth-order valence-corrected chi connectivity index (χ4v) is 2.98. The van der Waals surface area contributed by atoms with Crippen LogP contribution in [0.2, 0.25) is 0 Å². The van der Waals surface area contributed by atoms with Crippen molar-refractivity contribution in [1.82, 2.24) is 10.3 Å². The predicted molar refractivity (Wildman–Crippen MR) is 116 cm³/mol. The van der Waals surface area contributed by atoms with Crippen LogP contribution in [0, 0.1) is 12.8 Å². The molecule has 0 bridgehead atoms. The van der Waals surface area contributed by atoms with E-state index in [9.17, 15) is 9.59 Å². The molecule has 0 fully saturated rings. The van der Waals surface area contributed by atoms with Crippen LogP contribution in [0.1, 0.15) is 35.5 Å². The van der Waals surface area contributed by atoms with E-state index in [1.807, 2.05) is 51.1 Å². The highest BCUT2D eigenvalue weighted by Gasteiger charge is 2.26. The number of nitrogens with one attached hydrogen (secondary N) is 1. The third-order valence-electron chi connectivity index (χ3n) is 4.74. The van der Waals surface area contributed by atoms with Crippen LogP contribution in [0.4, 0.5) is 0 Å². The summed E-state index contributed by atoms with van der Waals surface area (Å²) in [5.74, 6) is 0.166. The fraction of sp³-hybridized carbons (Fsp3) is 0.292. The number of aromatic nitrogens is 1. The smallest absolute Gasteiger partial charge is 0.329 e. The Hall–Kier alpha value is -3.61. The van der Waals surface area contributed by atoms with E-state index in [2.05, 4.69) is 10.3 Å². The number of nitrogens with zero attached hydrogens (tertiary/aromatic N) is 1. The summed E-state index contributed by atoms with van der Waals surface area (Å²) >= 11 is 0. The Kier molecular flexibility index (Phi) is 7.07. The average molecular weight is 422 g/mol. The minimum absolute atomic E-state index is 0.0535. The maximum absolute atomic E-state index is 12.6. The summed E-state index contributed by atoms with van der Waals surface area (Å²) in [6, 6.07) is 13.7. The molecular formula is C24H26N2O5. The Labute approximate surface area is 181 Å². The van der Waals surface area contributed by atoms with Crippen LogP contribution in [0.25, 0.3) is 11.5 Å². The van der Waals surface area contributed by atoms with Crippen LogP contribution in [0.5, 0.6) is 5.75 Å². The summed E-state index contributed by atoms with van der Waals surface area (Å²) in [5, 5.41) is 2.77. The molecule has 0 saturated carbocycles. The zero-order valence-electron chi connectivity index (χ0n) is 18.0. The predicted octanol–water partition coefficient (Wildman–Crippen LogP) is 4.16. The molecule has 7 heteroatoms. The average Bonchev–Trinajstić information content (AvgIpc) is 3.24. The Morgan fingerprint density at radius 1 is 1.13 bits per heavy atom. The zero-order chi connectivity index (χ0) is 22.4. The number of benzene rings is 2. The van der Waals surface area contributed by atoms with Crippen molar-refractivity contribution in [3.8, 4) is 17.2 Å². The minimum atomic E-state index is -0.777. The first-order chi connectivity index (χ1) is 14.9. The van der Waals surface area contributed by atoms with Gasteiger partial charge in [0.25, 0.3) is 5.91 Å². The van der Waals surface area contributed by atoms with E-state index in [0.29, 0.717) is 17.1 Å². The van der Waals surface area contributed by atoms with Crippen molar-refractivity contribution in [1.29, 1.82) is 0 Å². The van der Waals surface area contributed by atoms with Crippen LogP contribution >= 0.6 is 0 Å². The van der Waals surface area contributed by atoms with Gasteiger partial charge in [0.1, 0.15) is 30.4 Å². The van der Waals surface area contributed by atoms with Gasteiger partial charge < -0.3 is 19.2 Å². The number of amides is 1. The number of esters is 1. The van der Waals surface area contributed by atoms with Gasteiger partial charge in [0.2, 0.25) is 5.89 Å². The Morgan fingerprint density at radius 2 is 1.87 bits per heavy atom. The summed E-state index contributed by atoms with van der Waals surface area (Å²) in [5.41, 5.74) is 2.73. The quantitative estimate of drug-likeness (QED) is 0.548. The van der Waals surface area contributed by atoms with Crippen LogP contribution in [0.3, 0.4) is 0 Å². The standard InChI is InChI=1S/C24H26N2O5/c1-15(2)21(26-22(27)18-7-5-6-16(3)12-18)24(28)31-14-19-13-30-23(25-19)17-8-10-20(29-4)11-9-17/h5-13,15,21H,14H2,1-4H3,(H,26,27)/t21-/m0/s1. The molecule has 0 saturated heterocycles. The summed E-state index contributed by atoms with van der Waals surface area (Å²) in [7, 11) is 1.60. The molecule has 1 heterocycles. The molecule has 3 rings (SSSR count). The van der Waals surface area contributed by atoms with Gasteiger partial charge in [-0.1, -0.05) is 31.5 Å². The summed E-state index contributed by atoms with van der Waals surface area (Å²) in [4.78, 5) is 29.5. The van der Waals surface area contributed by atoms with Gasteiger partial charge in [-0.2, -0.15) is 0 Å². The first-order valence-electron chi connectivity index (χ1n) is 10.0. The monoisotopic (exact) mass is 422 g/mol. The molecule has 1 atom stereocenters. The molecule has 0 unspecified atom stereocenters. The Morgan fingerprint density at radius 3 is 2.52 bits per heavy atom. The lowest BCUT2D eigenvalue weighted by atomic mass is 10.0. The molecule has 2 aromatic carbocycles. The number of rotatable bonds is 8. The molecule has 0 aliphatic carbocycles. The number of aryl methyl sites for hydroxylation is 1. The van der Waals surface area contributed by atoms with Crippen molar-refractivity contribution in [2.24, 2.45) is 5.92 Å². The van der Waals surface area contributed by atoms with Crippen molar-refractivity contribution in [2.45, 2.75) is 33.4 Å². The molecule has 0 aliphatic heterocycles.